The Bertz CT molecular complexity index is 1030. The normalized spacial score (nSPS) is 18.8. The van der Waals surface area contributed by atoms with E-state index in [1.807, 2.05) is 19.2 Å². The van der Waals surface area contributed by atoms with Gasteiger partial charge in [-0.15, -0.1) is 0 Å². The van der Waals surface area contributed by atoms with Gasteiger partial charge in [-0.05, 0) is 68.9 Å². The Morgan fingerprint density at radius 3 is 2.55 bits per heavy atom. The lowest BCUT2D eigenvalue weighted by Crippen LogP contribution is -2.30. The molecule has 1 fully saturated rings. The highest BCUT2D eigenvalue weighted by molar-refractivity contribution is 5.75. The zero-order valence-corrected chi connectivity index (χ0v) is 18.7. The van der Waals surface area contributed by atoms with Gasteiger partial charge in [0, 0.05) is 24.3 Å². The van der Waals surface area contributed by atoms with E-state index >= 15 is 0 Å². The zero-order chi connectivity index (χ0) is 21.8. The van der Waals surface area contributed by atoms with Crippen LogP contribution in [-0.4, -0.2) is 33.2 Å². The minimum atomic E-state index is -0.0338. The molecule has 1 aliphatic carbocycles. The molecule has 0 amide bonds. The van der Waals surface area contributed by atoms with Crippen LogP contribution in [0.25, 0.3) is 11.2 Å². The number of nitrogens with one attached hydrogen (secondary N) is 1. The summed E-state index contributed by atoms with van der Waals surface area (Å²) < 4.78 is 7.39. The van der Waals surface area contributed by atoms with Crippen molar-refractivity contribution in [2.24, 2.45) is 5.92 Å². The maximum atomic E-state index is 11.9. The number of aromatic nitrogens is 3. The van der Waals surface area contributed by atoms with Crippen molar-refractivity contribution >= 4 is 22.8 Å². The highest BCUT2D eigenvalue weighted by Gasteiger charge is 2.27. The molecule has 0 atom stereocenters. The molecule has 2 heterocycles. The molecule has 3 aromatic rings. The van der Waals surface area contributed by atoms with Gasteiger partial charge in [-0.1, -0.05) is 19.1 Å². The van der Waals surface area contributed by atoms with E-state index in [1.165, 1.54) is 5.56 Å². The number of benzene rings is 1. The van der Waals surface area contributed by atoms with Crippen molar-refractivity contribution < 1.29 is 9.53 Å². The monoisotopic (exact) mass is 420 g/mol. The minimum Gasteiger partial charge on any atom is -0.466 e. The van der Waals surface area contributed by atoms with Crippen LogP contribution in [0, 0.1) is 12.8 Å². The number of rotatable bonds is 7. The minimum absolute atomic E-state index is 0.0338. The van der Waals surface area contributed by atoms with Gasteiger partial charge >= 0.3 is 5.97 Å². The van der Waals surface area contributed by atoms with Crippen molar-refractivity contribution in [3.8, 4) is 0 Å². The number of hydrogen-bond acceptors (Lipinski definition) is 5. The number of carbonyl (C=O) groups is 1. The van der Waals surface area contributed by atoms with Crippen molar-refractivity contribution in [1.29, 1.82) is 0 Å². The maximum Gasteiger partial charge on any atom is 0.308 e. The lowest BCUT2D eigenvalue weighted by molar-refractivity contribution is -0.149. The molecule has 1 saturated carbocycles. The lowest BCUT2D eigenvalue weighted by atomic mass is 9.86. The first-order chi connectivity index (χ1) is 15.1. The Balaban J connectivity index is 1.39. The van der Waals surface area contributed by atoms with Crippen LogP contribution in [0.1, 0.15) is 56.5 Å². The highest BCUT2D eigenvalue weighted by atomic mass is 16.5. The van der Waals surface area contributed by atoms with Gasteiger partial charge in [0.05, 0.1) is 19.1 Å². The molecule has 164 valence electrons. The van der Waals surface area contributed by atoms with Crippen LogP contribution in [0.3, 0.4) is 0 Å². The summed E-state index contributed by atoms with van der Waals surface area (Å²) in [5.74, 6) is 1.10. The molecule has 6 heteroatoms. The molecule has 0 unspecified atom stereocenters. The van der Waals surface area contributed by atoms with E-state index in [2.05, 4.69) is 53.0 Å². The molecule has 0 bridgehead atoms. The standard InChI is InChI=1S/C25H32N4O2/c1-4-22-28-23-17(3)14-15-26-24(23)29(22)16-18-6-10-20(11-7-18)27-21-12-8-19(9-13-21)25(30)31-5-2/h6-7,10-11,14-15,19,21,27H,4-5,8-9,12-13,16H2,1-3H3. The van der Waals surface area contributed by atoms with Crippen LogP contribution in [0.5, 0.6) is 0 Å². The molecule has 0 radical (unpaired) electrons. The third-order valence-corrected chi connectivity index (χ3v) is 6.24. The van der Waals surface area contributed by atoms with Gasteiger partial charge in [-0.3, -0.25) is 4.79 Å². The van der Waals surface area contributed by atoms with Crippen LogP contribution in [0.4, 0.5) is 5.69 Å². The first-order valence-electron chi connectivity index (χ1n) is 11.4. The molecule has 1 aliphatic rings. The van der Waals surface area contributed by atoms with Gasteiger partial charge in [0.2, 0.25) is 0 Å². The number of imidazole rings is 1. The predicted molar refractivity (Wildman–Crippen MR) is 123 cm³/mol. The summed E-state index contributed by atoms with van der Waals surface area (Å²) in [6.07, 6.45) is 6.53. The van der Waals surface area contributed by atoms with Crippen LogP contribution >= 0.6 is 0 Å². The van der Waals surface area contributed by atoms with Crippen LogP contribution in [0.2, 0.25) is 0 Å². The van der Waals surface area contributed by atoms with Crippen LogP contribution in [-0.2, 0) is 22.5 Å². The average molecular weight is 421 g/mol. The SMILES string of the molecule is CCOC(=O)C1CCC(Nc2ccc(Cn3c(CC)nc4c(C)ccnc43)cc2)CC1. The molecule has 6 nitrogen and oxygen atoms in total. The van der Waals surface area contributed by atoms with Crippen molar-refractivity contribution in [2.45, 2.75) is 65.5 Å². The second-order valence-electron chi connectivity index (χ2n) is 8.41. The Labute approximate surface area is 184 Å². The van der Waals surface area contributed by atoms with E-state index in [0.717, 1.165) is 66.9 Å². The first-order valence-corrected chi connectivity index (χ1v) is 11.4. The number of nitrogens with zero attached hydrogens (tertiary/aromatic N) is 3. The summed E-state index contributed by atoms with van der Waals surface area (Å²) in [5.41, 5.74) is 5.47. The number of carbonyl (C=O) groups excluding carboxylic acids is 1. The average Bonchev–Trinajstić information content (AvgIpc) is 3.14. The Morgan fingerprint density at radius 2 is 1.87 bits per heavy atom. The topological polar surface area (TPSA) is 69.0 Å². The van der Waals surface area contributed by atoms with E-state index in [1.54, 1.807) is 0 Å². The third-order valence-electron chi connectivity index (χ3n) is 6.24. The quantitative estimate of drug-likeness (QED) is 0.552. The fourth-order valence-electron chi connectivity index (χ4n) is 4.48. The molecule has 0 saturated heterocycles. The van der Waals surface area contributed by atoms with Gasteiger partial charge in [-0.25, -0.2) is 9.97 Å². The summed E-state index contributed by atoms with van der Waals surface area (Å²) in [5, 5.41) is 3.63. The number of anilines is 1. The zero-order valence-electron chi connectivity index (χ0n) is 18.7. The number of fused-ring (bicyclic) bond motifs is 1. The van der Waals surface area contributed by atoms with Crippen LogP contribution in [0.15, 0.2) is 36.5 Å². The molecule has 1 N–H and O–H groups in total. The second-order valence-corrected chi connectivity index (χ2v) is 8.41. The van der Waals surface area contributed by atoms with E-state index in [-0.39, 0.29) is 11.9 Å². The predicted octanol–water partition coefficient (Wildman–Crippen LogP) is 4.88. The molecule has 0 aliphatic heterocycles. The first kappa shape index (κ1) is 21.3. The van der Waals surface area contributed by atoms with E-state index < -0.39 is 0 Å². The number of aryl methyl sites for hydroxylation is 2. The summed E-state index contributed by atoms with van der Waals surface area (Å²) in [4.78, 5) is 21.3. The molecular formula is C25H32N4O2. The van der Waals surface area contributed by atoms with E-state index in [9.17, 15) is 4.79 Å². The van der Waals surface area contributed by atoms with E-state index in [4.69, 9.17) is 9.72 Å². The van der Waals surface area contributed by atoms with Gasteiger partial charge in [-0.2, -0.15) is 0 Å². The van der Waals surface area contributed by atoms with Gasteiger partial charge in [0.25, 0.3) is 0 Å². The number of ether oxygens (including phenoxy) is 1. The molecule has 2 aromatic heterocycles. The Hall–Kier alpha value is -2.89. The van der Waals surface area contributed by atoms with Crippen molar-refractivity contribution in [3.63, 3.8) is 0 Å². The smallest absolute Gasteiger partial charge is 0.308 e. The summed E-state index contributed by atoms with van der Waals surface area (Å²) in [6.45, 7) is 7.32. The summed E-state index contributed by atoms with van der Waals surface area (Å²) in [6, 6.07) is 11.1. The summed E-state index contributed by atoms with van der Waals surface area (Å²) >= 11 is 0. The third kappa shape index (κ3) is 4.73. The molecule has 0 spiro atoms. The number of esters is 1. The highest BCUT2D eigenvalue weighted by Crippen LogP contribution is 2.28. The number of hydrogen-bond donors (Lipinski definition) is 1. The fraction of sp³-hybridized carbons (Fsp3) is 0.480. The molecule has 4 rings (SSSR count). The van der Waals surface area contributed by atoms with E-state index in [0.29, 0.717) is 12.6 Å². The fourth-order valence-corrected chi connectivity index (χ4v) is 4.48. The van der Waals surface area contributed by atoms with Gasteiger partial charge < -0.3 is 14.6 Å². The number of pyridine rings is 1. The molecular weight excluding hydrogens is 388 g/mol. The van der Waals surface area contributed by atoms with Crippen LogP contribution < -0.4 is 5.32 Å². The Kier molecular flexibility index (Phi) is 6.54. The lowest BCUT2D eigenvalue weighted by Gasteiger charge is -2.28. The Morgan fingerprint density at radius 1 is 1.13 bits per heavy atom. The molecule has 31 heavy (non-hydrogen) atoms. The van der Waals surface area contributed by atoms with Gasteiger partial charge in [0.1, 0.15) is 11.3 Å². The van der Waals surface area contributed by atoms with Crippen molar-refractivity contribution in [2.75, 3.05) is 11.9 Å². The van der Waals surface area contributed by atoms with Gasteiger partial charge in [0.15, 0.2) is 5.65 Å². The summed E-state index contributed by atoms with van der Waals surface area (Å²) in [7, 11) is 0. The van der Waals surface area contributed by atoms with Crippen molar-refractivity contribution in [1.82, 2.24) is 14.5 Å². The molecule has 1 aromatic carbocycles. The van der Waals surface area contributed by atoms with Crippen molar-refractivity contribution in [3.05, 3.63) is 53.5 Å². The maximum absolute atomic E-state index is 11.9. The largest absolute Gasteiger partial charge is 0.466 e. The second kappa shape index (κ2) is 9.50.